The average molecular weight is 523 g/mol. The highest BCUT2D eigenvalue weighted by Crippen LogP contribution is 2.63. The molecule has 0 saturated carbocycles. The molecule has 8 nitrogen and oxygen atoms in total. The Bertz CT molecular complexity index is 1340. The van der Waals surface area contributed by atoms with Gasteiger partial charge in [0.25, 0.3) is 0 Å². The van der Waals surface area contributed by atoms with Gasteiger partial charge < -0.3 is 19.3 Å². The fraction of sp³-hybridized carbons (Fsp3) is 0.467. The van der Waals surface area contributed by atoms with E-state index in [2.05, 4.69) is 0 Å². The lowest BCUT2D eigenvalue weighted by molar-refractivity contribution is -0.187. The van der Waals surface area contributed by atoms with E-state index >= 15 is 0 Å². The molecule has 0 unspecified atom stereocenters. The molecule has 0 aromatic heterocycles. The summed E-state index contributed by atoms with van der Waals surface area (Å²) in [7, 11) is 0. The van der Waals surface area contributed by atoms with Crippen molar-refractivity contribution in [3.8, 4) is 5.75 Å². The zero-order valence-electron chi connectivity index (χ0n) is 22.5. The Kier molecular flexibility index (Phi) is 7.48. The van der Waals surface area contributed by atoms with E-state index in [9.17, 15) is 24.3 Å². The molecule has 38 heavy (non-hydrogen) atoms. The van der Waals surface area contributed by atoms with Crippen molar-refractivity contribution < 1.29 is 38.5 Å². The largest absolute Gasteiger partial charge is 0.457 e. The zero-order valence-corrected chi connectivity index (χ0v) is 22.5. The van der Waals surface area contributed by atoms with Crippen molar-refractivity contribution in [2.75, 3.05) is 6.61 Å². The van der Waals surface area contributed by atoms with E-state index in [4.69, 9.17) is 14.2 Å². The molecule has 0 heterocycles. The van der Waals surface area contributed by atoms with Gasteiger partial charge in [-0.25, -0.2) is 0 Å². The van der Waals surface area contributed by atoms with Crippen molar-refractivity contribution in [2.45, 2.75) is 72.0 Å². The molecule has 4 atom stereocenters. The topological polar surface area (TPSA) is 116 Å². The van der Waals surface area contributed by atoms with Crippen LogP contribution in [-0.2, 0) is 28.7 Å². The number of carbonyl (C=O) groups is 4. The Balaban J connectivity index is 1.82. The molecule has 2 aliphatic carbocycles. The van der Waals surface area contributed by atoms with Gasteiger partial charge in [0.15, 0.2) is 12.2 Å². The van der Waals surface area contributed by atoms with Gasteiger partial charge in [-0.05, 0) is 46.0 Å². The molecule has 2 aromatic rings. The van der Waals surface area contributed by atoms with Crippen molar-refractivity contribution in [2.24, 2.45) is 11.3 Å². The summed E-state index contributed by atoms with van der Waals surface area (Å²) in [4.78, 5) is 50.0. The molecule has 8 heteroatoms. The Morgan fingerprint density at radius 1 is 0.974 bits per heavy atom. The summed E-state index contributed by atoms with van der Waals surface area (Å²) in [5, 5.41) is 13.1. The Labute approximate surface area is 221 Å². The van der Waals surface area contributed by atoms with Gasteiger partial charge in [0, 0.05) is 30.6 Å². The molecule has 0 bridgehead atoms. The monoisotopic (exact) mass is 522 g/mol. The first-order valence-electron chi connectivity index (χ1n) is 13.1. The van der Waals surface area contributed by atoms with Crippen molar-refractivity contribution in [3.05, 3.63) is 47.5 Å². The van der Waals surface area contributed by atoms with Crippen LogP contribution in [0.5, 0.6) is 5.75 Å². The highest BCUT2D eigenvalue weighted by molar-refractivity contribution is 6.01. The van der Waals surface area contributed by atoms with E-state index < -0.39 is 47.4 Å². The summed E-state index contributed by atoms with van der Waals surface area (Å²) in [6.07, 6.45) is 1.51. The van der Waals surface area contributed by atoms with Gasteiger partial charge >= 0.3 is 17.9 Å². The second kappa shape index (κ2) is 10.3. The smallest absolute Gasteiger partial charge is 0.310 e. The number of rotatable bonds is 8. The zero-order chi connectivity index (χ0) is 27.8. The molecule has 0 spiro atoms. The number of carbonyl (C=O) groups excluding carboxylic acids is 4. The van der Waals surface area contributed by atoms with E-state index in [1.54, 1.807) is 39.8 Å². The second-order valence-corrected chi connectivity index (χ2v) is 10.2. The first kappa shape index (κ1) is 27.5. The van der Waals surface area contributed by atoms with Crippen LogP contribution < -0.4 is 4.74 Å². The van der Waals surface area contributed by atoms with Crippen LogP contribution in [-0.4, -0.2) is 41.0 Å². The normalized spacial score (nSPS) is 25.7. The quantitative estimate of drug-likeness (QED) is 0.387. The van der Waals surface area contributed by atoms with Gasteiger partial charge in [0.2, 0.25) is 5.78 Å². The van der Waals surface area contributed by atoms with Crippen molar-refractivity contribution in [1.82, 2.24) is 0 Å². The number of aliphatic hydroxyl groups is 1. The molecule has 1 N–H and O–H groups in total. The summed E-state index contributed by atoms with van der Waals surface area (Å²) in [6, 6.07) is 9.03. The van der Waals surface area contributed by atoms with E-state index in [1.165, 1.54) is 0 Å². The first-order chi connectivity index (χ1) is 18.0. The third-order valence-corrected chi connectivity index (χ3v) is 7.88. The van der Waals surface area contributed by atoms with Crippen molar-refractivity contribution in [1.29, 1.82) is 0 Å². The van der Waals surface area contributed by atoms with Gasteiger partial charge in [0.1, 0.15) is 5.75 Å². The molecule has 0 fully saturated rings. The molecule has 0 radical (unpaired) electrons. The Hall–Kier alpha value is -3.52. The van der Waals surface area contributed by atoms with Crippen LogP contribution in [0, 0.1) is 11.3 Å². The Morgan fingerprint density at radius 2 is 1.66 bits per heavy atom. The van der Waals surface area contributed by atoms with Gasteiger partial charge in [0.05, 0.1) is 6.10 Å². The molecule has 202 valence electrons. The van der Waals surface area contributed by atoms with Crippen LogP contribution in [0.25, 0.3) is 16.3 Å². The molecule has 2 aromatic carbocycles. The fourth-order valence-electron chi connectivity index (χ4n) is 6.02. The predicted octanol–water partition coefficient (Wildman–Crippen LogP) is 4.85. The van der Waals surface area contributed by atoms with Crippen LogP contribution in [0.15, 0.2) is 36.4 Å². The van der Waals surface area contributed by atoms with Crippen LogP contribution >= 0.6 is 0 Å². The summed E-state index contributed by atoms with van der Waals surface area (Å²) in [5.74, 6) is -2.03. The number of ether oxygens (including phenoxy) is 3. The maximum absolute atomic E-state index is 13.8. The first-order valence-corrected chi connectivity index (χ1v) is 13.1. The molecule has 4 rings (SSSR count). The maximum Gasteiger partial charge on any atom is 0.310 e. The second-order valence-electron chi connectivity index (χ2n) is 10.2. The van der Waals surface area contributed by atoms with Gasteiger partial charge in [-0.1, -0.05) is 58.9 Å². The molecule has 2 aliphatic rings. The number of esters is 3. The van der Waals surface area contributed by atoms with Gasteiger partial charge in [-0.3, -0.25) is 19.2 Å². The lowest BCUT2D eigenvalue weighted by Crippen LogP contribution is -2.59. The summed E-state index contributed by atoms with van der Waals surface area (Å²) in [5.41, 5.74) is -0.447. The summed E-state index contributed by atoms with van der Waals surface area (Å²) < 4.78 is 16.5. The van der Waals surface area contributed by atoms with E-state index in [-0.39, 0.29) is 31.7 Å². The number of Topliss-reactive ketones (excluding diaryl/α,β-unsaturated/α-hetero) is 1. The highest BCUT2D eigenvalue weighted by Gasteiger charge is 2.66. The van der Waals surface area contributed by atoms with Crippen LogP contribution in [0.4, 0.5) is 0 Å². The predicted molar refractivity (Wildman–Crippen MR) is 140 cm³/mol. The summed E-state index contributed by atoms with van der Waals surface area (Å²) >= 11 is 0. The van der Waals surface area contributed by atoms with E-state index in [1.807, 2.05) is 31.2 Å². The van der Waals surface area contributed by atoms with Gasteiger partial charge in [-0.2, -0.15) is 0 Å². The van der Waals surface area contributed by atoms with Crippen LogP contribution in [0.1, 0.15) is 77.5 Å². The maximum atomic E-state index is 13.8. The van der Waals surface area contributed by atoms with Crippen LogP contribution in [0.3, 0.4) is 0 Å². The fourth-order valence-corrected chi connectivity index (χ4v) is 6.02. The lowest BCUT2D eigenvalue weighted by Gasteiger charge is -2.49. The average Bonchev–Trinajstić information content (AvgIpc) is 3.12. The number of aliphatic hydroxyl groups excluding tert-OH is 1. The molecular formula is C30H34O8. The highest BCUT2D eigenvalue weighted by atomic mass is 16.6. The molecule has 0 aliphatic heterocycles. The molecule has 0 amide bonds. The third kappa shape index (κ3) is 4.30. The number of fused-ring (bicyclic) bond motifs is 5. The SMILES string of the molecule is CCC(=O)OCC(=O)[C@@]1(OC(=O)CC)[C@H](C)C=C2c3ccc4cc(OC(=O)CC)ccc4c3[C@@H](O)C[C@@]21C. The van der Waals surface area contributed by atoms with Crippen molar-refractivity contribution >= 4 is 40.0 Å². The molecule has 0 saturated heterocycles. The van der Waals surface area contributed by atoms with Crippen LogP contribution in [0.2, 0.25) is 0 Å². The number of ketones is 1. The minimum Gasteiger partial charge on any atom is -0.457 e. The number of hydrogen-bond acceptors (Lipinski definition) is 8. The van der Waals surface area contributed by atoms with E-state index in [0.717, 1.165) is 21.9 Å². The standard InChI is InChI=1S/C30H34O8/c1-6-25(33)36-16-24(32)30(38-27(35)8-3)17(4)13-22-21-11-9-18-14-19(37-26(34)7-2)10-12-20(18)28(21)23(31)15-29(22,30)5/h9-14,17,23,31H,6-8,15-16H2,1-5H3/t17-,23+,29+,30+/m1/s1. The Morgan fingerprint density at radius 3 is 2.32 bits per heavy atom. The lowest BCUT2D eigenvalue weighted by atomic mass is 9.59. The van der Waals surface area contributed by atoms with E-state index in [0.29, 0.717) is 11.3 Å². The third-order valence-electron chi connectivity index (χ3n) is 7.88. The molecular weight excluding hydrogens is 488 g/mol. The number of hydrogen-bond donors (Lipinski definition) is 1. The summed E-state index contributed by atoms with van der Waals surface area (Å²) in [6.45, 7) is 8.12. The van der Waals surface area contributed by atoms with Gasteiger partial charge in [-0.15, -0.1) is 0 Å². The number of benzene rings is 2. The minimum atomic E-state index is -1.64. The van der Waals surface area contributed by atoms with Crippen molar-refractivity contribution in [3.63, 3.8) is 0 Å². The minimum absolute atomic E-state index is 0.0661.